The average molecular weight is 398 g/mol. The number of anilines is 1. The van der Waals surface area contributed by atoms with Gasteiger partial charge < -0.3 is 20.1 Å². The average Bonchev–Trinajstić information content (AvgIpc) is 2.73. The van der Waals surface area contributed by atoms with Crippen LogP contribution in [0.15, 0.2) is 42.5 Å². The fourth-order valence-corrected chi connectivity index (χ4v) is 4.18. The first kappa shape index (κ1) is 19.9. The molecule has 1 saturated heterocycles. The molecule has 154 valence electrons. The molecule has 4 rings (SSSR count). The lowest BCUT2D eigenvalue weighted by Gasteiger charge is -2.38. The monoisotopic (exact) mass is 398 g/mol. The quantitative estimate of drug-likeness (QED) is 0.732. The van der Waals surface area contributed by atoms with E-state index in [1.54, 1.807) is 12.1 Å². The predicted octanol–water partition coefficient (Wildman–Crippen LogP) is 3.46. The molecule has 0 aliphatic carbocycles. The molecular formula is C23H27FN2O3. The van der Waals surface area contributed by atoms with Crippen LogP contribution in [0.1, 0.15) is 36.8 Å². The Hall–Kier alpha value is -2.44. The highest BCUT2D eigenvalue weighted by Crippen LogP contribution is 2.34. The second-order valence-electron chi connectivity index (χ2n) is 7.92. The van der Waals surface area contributed by atoms with Gasteiger partial charge in [0.2, 0.25) is 5.91 Å². The van der Waals surface area contributed by atoms with Crippen molar-refractivity contribution in [2.75, 3.05) is 31.6 Å². The van der Waals surface area contributed by atoms with E-state index in [0.29, 0.717) is 31.4 Å². The summed E-state index contributed by atoms with van der Waals surface area (Å²) < 4.78 is 19.4. The summed E-state index contributed by atoms with van der Waals surface area (Å²) in [6.45, 7) is 2.98. The summed E-state index contributed by atoms with van der Waals surface area (Å²) >= 11 is 0. The van der Waals surface area contributed by atoms with E-state index in [9.17, 15) is 14.3 Å². The van der Waals surface area contributed by atoms with E-state index in [4.69, 9.17) is 4.74 Å². The van der Waals surface area contributed by atoms with Crippen molar-refractivity contribution in [1.82, 2.24) is 4.90 Å². The number of nitrogens with zero attached hydrogens (tertiary/aromatic N) is 1. The van der Waals surface area contributed by atoms with Crippen LogP contribution in [-0.2, 0) is 16.8 Å². The lowest BCUT2D eigenvalue weighted by atomic mass is 9.84. The molecule has 2 aliphatic rings. The molecule has 1 fully saturated rings. The molecule has 2 aromatic carbocycles. The largest absolute Gasteiger partial charge is 0.491 e. The van der Waals surface area contributed by atoms with Gasteiger partial charge in [0.15, 0.2) is 0 Å². The third-order valence-electron chi connectivity index (χ3n) is 5.92. The summed E-state index contributed by atoms with van der Waals surface area (Å²) in [5.41, 5.74) is 1.64. The number of ether oxygens (including phenoxy) is 1. The molecular weight excluding hydrogens is 371 g/mol. The molecule has 0 unspecified atom stereocenters. The summed E-state index contributed by atoms with van der Waals surface area (Å²) in [5.74, 6) is 0.456. The highest BCUT2D eigenvalue weighted by atomic mass is 19.1. The van der Waals surface area contributed by atoms with Crippen molar-refractivity contribution in [2.45, 2.75) is 37.7 Å². The van der Waals surface area contributed by atoms with Gasteiger partial charge in [0, 0.05) is 26.1 Å². The van der Waals surface area contributed by atoms with Gasteiger partial charge in [-0.3, -0.25) is 4.79 Å². The maximum Gasteiger partial charge on any atom is 0.224 e. The molecule has 0 radical (unpaired) electrons. The van der Waals surface area contributed by atoms with Crippen molar-refractivity contribution in [2.24, 2.45) is 0 Å². The van der Waals surface area contributed by atoms with E-state index in [-0.39, 0.29) is 11.7 Å². The third kappa shape index (κ3) is 4.60. The lowest BCUT2D eigenvalue weighted by Crippen LogP contribution is -2.43. The van der Waals surface area contributed by atoms with Gasteiger partial charge in [-0.15, -0.1) is 0 Å². The van der Waals surface area contributed by atoms with Crippen LogP contribution in [0.3, 0.4) is 0 Å². The van der Waals surface area contributed by atoms with Gasteiger partial charge in [-0.1, -0.05) is 24.3 Å². The first-order valence-corrected chi connectivity index (χ1v) is 10.3. The Bertz CT molecular complexity index is 878. The number of nitrogens with one attached hydrogen (secondary N) is 1. The Morgan fingerprint density at radius 2 is 1.93 bits per heavy atom. The first-order chi connectivity index (χ1) is 14.0. The third-order valence-corrected chi connectivity index (χ3v) is 5.92. The summed E-state index contributed by atoms with van der Waals surface area (Å²) in [5, 5.41) is 13.8. The van der Waals surface area contributed by atoms with Crippen LogP contribution in [0.25, 0.3) is 0 Å². The van der Waals surface area contributed by atoms with Gasteiger partial charge >= 0.3 is 0 Å². The zero-order valence-corrected chi connectivity index (χ0v) is 16.5. The topological polar surface area (TPSA) is 61.8 Å². The van der Waals surface area contributed by atoms with E-state index in [1.807, 2.05) is 18.2 Å². The Kier molecular flexibility index (Phi) is 5.83. The van der Waals surface area contributed by atoms with Gasteiger partial charge in [-0.2, -0.15) is 0 Å². The SMILES string of the molecule is O=C1CCc2cccc(OCCCN3CCC(O)(c4cccc(F)c4)CC3)c2N1. The predicted molar refractivity (Wildman–Crippen MR) is 109 cm³/mol. The van der Waals surface area contributed by atoms with E-state index in [2.05, 4.69) is 10.2 Å². The summed E-state index contributed by atoms with van der Waals surface area (Å²) in [7, 11) is 0. The number of piperidine rings is 1. The molecule has 2 aliphatic heterocycles. The highest BCUT2D eigenvalue weighted by molar-refractivity contribution is 5.95. The Labute approximate surface area is 170 Å². The first-order valence-electron chi connectivity index (χ1n) is 10.3. The summed E-state index contributed by atoms with van der Waals surface area (Å²) in [6, 6.07) is 12.2. The molecule has 2 aromatic rings. The molecule has 0 aromatic heterocycles. The number of fused-ring (bicyclic) bond motifs is 1. The minimum Gasteiger partial charge on any atom is -0.491 e. The maximum absolute atomic E-state index is 13.5. The van der Waals surface area contributed by atoms with Crippen LogP contribution in [0, 0.1) is 5.82 Å². The summed E-state index contributed by atoms with van der Waals surface area (Å²) in [4.78, 5) is 14.0. The smallest absolute Gasteiger partial charge is 0.224 e. The summed E-state index contributed by atoms with van der Waals surface area (Å²) in [6.07, 6.45) is 3.31. The van der Waals surface area contributed by atoms with Crippen molar-refractivity contribution < 1.29 is 19.0 Å². The number of aryl methyl sites for hydroxylation is 1. The van der Waals surface area contributed by atoms with E-state index in [1.165, 1.54) is 12.1 Å². The zero-order chi connectivity index (χ0) is 20.3. The van der Waals surface area contributed by atoms with Crippen LogP contribution >= 0.6 is 0 Å². The number of para-hydroxylation sites is 1. The van der Waals surface area contributed by atoms with Crippen molar-refractivity contribution in [3.63, 3.8) is 0 Å². The molecule has 0 bridgehead atoms. The van der Waals surface area contributed by atoms with Gasteiger partial charge in [-0.25, -0.2) is 4.39 Å². The number of hydrogen-bond donors (Lipinski definition) is 2. The molecule has 0 spiro atoms. The highest BCUT2D eigenvalue weighted by Gasteiger charge is 2.34. The van der Waals surface area contributed by atoms with Gasteiger partial charge in [0.25, 0.3) is 0 Å². The molecule has 6 heteroatoms. The van der Waals surface area contributed by atoms with Crippen molar-refractivity contribution in [3.05, 3.63) is 59.4 Å². The fraction of sp³-hybridized carbons (Fsp3) is 0.435. The number of benzene rings is 2. The number of aliphatic hydroxyl groups is 1. The maximum atomic E-state index is 13.5. The number of carbonyl (C=O) groups excluding carboxylic acids is 1. The van der Waals surface area contributed by atoms with Crippen molar-refractivity contribution >= 4 is 11.6 Å². The van der Waals surface area contributed by atoms with Gasteiger partial charge in [-0.05, 0) is 55.0 Å². The number of rotatable bonds is 6. The molecule has 2 N–H and O–H groups in total. The van der Waals surface area contributed by atoms with E-state index >= 15 is 0 Å². The normalized spacial score (nSPS) is 18.8. The number of carbonyl (C=O) groups is 1. The zero-order valence-electron chi connectivity index (χ0n) is 16.5. The van der Waals surface area contributed by atoms with E-state index in [0.717, 1.165) is 49.5 Å². The molecule has 5 nitrogen and oxygen atoms in total. The van der Waals surface area contributed by atoms with Crippen LogP contribution in [-0.4, -0.2) is 42.2 Å². The minimum atomic E-state index is -0.948. The second kappa shape index (κ2) is 8.51. The second-order valence-corrected chi connectivity index (χ2v) is 7.92. The Balaban J connectivity index is 1.24. The van der Waals surface area contributed by atoms with E-state index < -0.39 is 5.60 Å². The number of likely N-dealkylation sites (tertiary alicyclic amines) is 1. The Morgan fingerprint density at radius 3 is 2.72 bits per heavy atom. The minimum absolute atomic E-state index is 0.0349. The molecule has 2 heterocycles. The van der Waals surface area contributed by atoms with Crippen LogP contribution < -0.4 is 10.1 Å². The Morgan fingerprint density at radius 1 is 1.14 bits per heavy atom. The number of amides is 1. The van der Waals surface area contributed by atoms with Crippen molar-refractivity contribution in [1.29, 1.82) is 0 Å². The van der Waals surface area contributed by atoms with Crippen LogP contribution in [0.5, 0.6) is 5.75 Å². The standard InChI is InChI=1S/C23H27FN2O3/c24-19-6-2-5-18(16-19)23(28)10-13-26(14-11-23)12-3-15-29-20-7-1-4-17-8-9-21(27)25-22(17)20/h1-2,4-7,16,28H,3,8-15H2,(H,25,27). The fourth-order valence-electron chi connectivity index (χ4n) is 4.18. The molecule has 0 saturated carbocycles. The van der Waals surface area contributed by atoms with Crippen molar-refractivity contribution in [3.8, 4) is 5.75 Å². The van der Waals surface area contributed by atoms with Crippen LogP contribution in [0.2, 0.25) is 0 Å². The lowest BCUT2D eigenvalue weighted by molar-refractivity contribution is -0.116. The van der Waals surface area contributed by atoms with Gasteiger partial charge in [0.1, 0.15) is 11.6 Å². The molecule has 0 atom stereocenters. The number of hydrogen-bond acceptors (Lipinski definition) is 4. The number of halogens is 1. The van der Waals surface area contributed by atoms with Gasteiger partial charge in [0.05, 0.1) is 17.9 Å². The molecule has 29 heavy (non-hydrogen) atoms. The molecule has 1 amide bonds. The van der Waals surface area contributed by atoms with Crippen LogP contribution in [0.4, 0.5) is 10.1 Å².